The van der Waals surface area contributed by atoms with Crippen LogP contribution in [0, 0.1) is 13.8 Å². The van der Waals surface area contributed by atoms with Crippen LogP contribution in [0.25, 0.3) is 0 Å². The monoisotopic (exact) mass is 398 g/mol. The zero-order chi connectivity index (χ0) is 20.1. The van der Waals surface area contributed by atoms with Gasteiger partial charge in [0.05, 0.1) is 19.4 Å². The quantitative estimate of drug-likeness (QED) is 0.536. The fourth-order valence-corrected chi connectivity index (χ4v) is 2.84. The van der Waals surface area contributed by atoms with Gasteiger partial charge in [-0.25, -0.2) is 4.98 Å². The number of methoxy groups -OCH3 is 1. The molecule has 0 saturated heterocycles. The van der Waals surface area contributed by atoms with Crippen LogP contribution in [0.5, 0.6) is 11.5 Å². The van der Waals surface area contributed by atoms with E-state index in [1.54, 1.807) is 13.2 Å². The van der Waals surface area contributed by atoms with Crippen molar-refractivity contribution in [2.45, 2.75) is 20.8 Å². The number of rotatable bonds is 7. The number of nitrogens with zero attached hydrogens (tertiary/aromatic N) is 2. The summed E-state index contributed by atoms with van der Waals surface area (Å²) in [5, 5.41) is 7.15. The lowest BCUT2D eigenvalue weighted by molar-refractivity contribution is 0.340. The van der Waals surface area contributed by atoms with Gasteiger partial charge >= 0.3 is 0 Å². The van der Waals surface area contributed by atoms with Crippen LogP contribution in [0.2, 0.25) is 5.02 Å². The first-order valence-corrected chi connectivity index (χ1v) is 9.33. The van der Waals surface area contributed by atoms with Gasteiger partial charge in [-0.1, -0.05) is 11.6 Å². The van der Waals surface area contributed by atoms with Crippen LogP contribution in [-0.4, -0.2) is 23.7 Å². The molecule has 28 heavy (non-hydrogen) atoms. The maximum absolute atomic E-state index is 6.18. The molecule has 0 saturated carbocycles. The molecule has 3 rings (SSSR count). The SMILES string of the molecule is CCOc1ccc(Nc2cc(C)nc(Nc3cc(C)c(Cl)cc3OC)n2)cc1. The van der Waals surface area contributed by atoms with Crippen molar-refractivity contribution in [1.29, 1.82) is 0 Å². The lowest BCUT2D eigenvalue weighted by Crippen LogP contribution is -2.04. The Morgan fingerprint density at radius 1 is 1.00 bits per heavy atom. The molecule has 6 nitrogen and oxygen atoms in total. The van der Waals surface area contributed by atoms with Crippen molar-refractivity contribution >= 4 is 34.7 Å². The minimum atomic E-state index is 0.466. The molecule has 0 fully saturated rings. The van der Waals surface area contributed by atoms with Gasteiger partial charge in [0, 0.05) is 28.5 Å². The van der Waals surface area contributed by atoms with Gasteiger partial charge in [0.2, 0.25) is 5.95 Å². The molecule has 146 valence electrons. The van der Waals surface area contributed by atoms with Crippen LogP contribution in [0.4, 0.5) is 23.1 Å². The number of benzene rings is 2. The van der Waals surface area contributed by atoms with E-state index in [9.17, 15) is 0 Å². The highest BCUT2D eigenvalue weighted by molar-refractivity contribution is 6.31. The van der Waals surface area contributed by atoms with Crippen molar-refractivity contribution < 1.29 is 9.47 Å². The van der Waals surface area contributed by atoms with Gasteiger partial charge in [-0.15, -0.1) is 0 Å². The van der Waals surface area contributed by atoms with E-state index in [2.05, 4.69) is 20.6 Å². The predicted octanol–water partition coefficient (Wildman–Crippen LogP) is 5.64. The Balaban J connectivity index is 1.83. The Hall–Kier alpha value is -2.99. The number of anilines is 4. The molecule has 2 aromatic carbocycles. The van der Waals surface area contributed by atoms with Crippen molar-refractivity contribution in [1.82, 2.24) is 9.97 Å². The minimum Gasteiger partial charge on any atom is -0.495 e. The van der Waals surface area contributed by atoms with Crippen LogP contribution in [0.15, 0.2) is 42.5 Å². The third-order valence-corrected chi connectivity index (χ3v) is 4.43. The average Bonchev–Trinajstić information content (AvgIpc) is 2.66. The van der Waals surface area contributed by atoms with Crippen LogP contribution in [0.1, 0.15) is 18.2 Å². The molecular weight excluding hydrogens is 376 g/mol. The van der Waals surface area contributed by atoms with Gasteiger partial charge in [0.1, 0.15) is 17.3 Å². The smallest absolute Gasteiger partial charge is 0.229 e. The molecule has 2 N–H and O–H groups in total. The summed E-state index contributed by atoms with van der Waals surface area (Å²) in [5.74, 6) is 2.61. The topological polar surface area (TPSA) is 68.3 Å². The van der Waals surface area contributed by atoms with Gasteiger partial charge < -0.3 is 20.1 Å². The van der Waals surface area contributed by atoms with E-state index in [-0.39, 0.29) is 0 Å². The summed E-state index contributed by atoms with van der Waals surface area (Å²) < 4.78 is 10.9. The summed E-state index contributed by atoms with van der Waals surface area (Å²) in [7, 11) is 1.60. The summed E-state index contributed by atoms with van der Waals surface area (Å²) in [5.41, 5.74) is 3.43. The minimum absolute atomic E-state index is 0.466. The van der Waals surface area contributed by atoms with E-state index in [0.29, 0.717) is 29.1 Å². The number of aryl methyl sites for hydroxylation is 2. The molecule has 1 heterocycles. The number of aromatic nitrogens is 2. The molecule has 0 radical (unpaired) electrons. The highest BCUT2D eigenvalue weighted by Crippen LogP contribution is 2.32. The third kappa shape index (κ3) is 4.84. The van der Waals surface area contributed by atoms with Crippen LogP contribution in [-0.2, 0) is 0 Å². The molecular formula is C21H23ClN4O2. The second kappa shape index (κ2) is 8.80. The summed E-state index contributed by atoms with van der Waals surface area (Å²) in [6.45, 7) is 6.45. The Labute approximate surface area is 169 Å². The third-order valence-electron chi connectivity index (χ3n) is 4.02. The van der Waals surface area contributed by atoms with Gasteiger partial charge in [0.15, 0.2) is 0 Å². The number of hydrogen-bond donors (Lipinski definition) is 2. The van der Waals surface area contributed by atoms with Crippen molar-refractivity contribution in [3.8, 4) is 11.5 Å². The van der Waals surface area contributed by atoms with Crippen molar-refractivity contribution in [2.24, 2.45) is 0 Å². The molecule has 0 aliphatic rings. The fraction of sp³-hybridized carbons (Fsp3) is 0.238. The molecule has 0 aliphatic heterocycles. The van der Waals surface area contributed by atoms with E-state index in [1.807, 2.05) is 57.2 Å². The van der Waals surface area contributed by atoms with E-state index in [0.717, 1.165) is 28.4 Å². The molecule has 0 amide bonds. The van der Waals surface area contributed by atoms with Crippen molar-refractivity contribution in [2.75, 3.05) is 24.4 Å². The first-order valence-electron chi connectivity index (χ1n) is 8.95. The molecule has 0 spiro atoms. The Bertz CT molecular complexity index is 961. The van der Waals surface area contributed by atoms with Gasteiger partial charge in [-0.05, 0) is 56.7 Å². The highest BCUT2D eigenvalue weighted by atomic mass is 35.5. The molecule has 7 heteroatoms. The molecule has 0 bridgehead atoms. The first kappa shape index (κ1) is 19.8. The first-order chi connectivity index (χ1) is 13.5. The molecule has 0 aliphatic carbocycles. The molecule has 3 aromatic rings. The molecule has 0 unspecified atom stereocenters. The summed E-state index contributed by atoms with van der Waals surface area (Å²) in [6, 6.07) is 13.3. The predicted molar refractivity (Wildman–Crippen MR) is 114 cm³/mol. The standard InChI is InChI=1S/C21H23ClN4O2/c1-5-28-16-8-6-15(7-9-16)24-20-11-14(3)23-21(26-20)25-18-10-13(2)17(22)12-19(18)27-4/h6-12H,5H2,1-4H3,(H2,23,24,25,26). The van der Waals surface area contributed by atoms with E-state index in [4.69, 9.17) is 21.1 Å². The number of hydrogen-bond acceptors (Lipinski definition) is 6. The van der Waals surface area contributed by atoms with Crippen molar-refractivity contribution in [3.05, 3.63) is 58.7 Å². The molecule has 1 aromatic heterocycles. The Kier molecular flexibility index (Phi) is 6.21. The van der Waals surface area contributed by atoms with Gasteiger partial charge in [-0.3, -0.25) is 0 Å². The van der Waals surface area contributed by atoms with E-state index in [1.165, 1.54) is 0 Å². The average molecular weight is 399 g/mol. The van der Waals surface area contributed by atoms with Gasteiger partial charge in [0.25, 0.3) is 0 Å². The lowest BCUT2D eigenvalue weighted by Gasteiger charge is -2.14. The van der Waals surface area contributed by atoms with Crippen molar-refractivity contribution in [3.63, 3.8) is 0 Å². The summed E-state index contributed by atoms with van der Waals surface area (Å²) in [6.07, 6.45) is 0. The van der Waals surface area contributed by atoms with Crippen LogP contribution >= 0.6 is 11.6 Å². The zero-order valence-electron chi connectivity index (χ0n) is 16.3. The Morgan fingerprint density at radius 3 is 2.43 bits per heavy atom. The maximum atomic E-state index is 6.18. The summed E-state index contributed by atoms with van der Waals surface area (Å²) >= 11 is 6.18. The number of halogens is 1. The normalized spacial score (nSPS) is 10.5. The van der Waals surface area contributed by atoms with Crippen LogP contribution in [0.3, 0.4) is 0 Å². The summed E-state index contributed by atoms with van der Waals surface area (Å²) in [4.78, 5) is 9.02. The zero-order valence-corrected chi connectivity index (χ0v) is 17.1. The Morgan fingerprint density at radius 2 is 1.75 bits per heavy atom. The second-order valence-electron chi connectivity index (χ2n) is 6.23. The van der Waals surface area contributed by atoms with Crippen LogP contribution < -0.4 is 20.1 Å². The lowest BCUT2D eigenvalue weighted by atomic mass is 10.2. The maximum Gasteiger partial charge on any atom is 0.229 e. The number of ether oxygens (including phenoxy) is 2. The van der Waals surface area contributed by atoms with E-state index >= 15 is 0 Å². The van der Waals surface area contributed by atoms with E-state index < -0.39 is 0 Å². The number of nitrogens with one attached hydrogen (secondary N) is 2. The largest absolute Gasteiger partial charge is 0.495 e. The highest BCUT2D eigenvalue weighted by Gasteiger charge is 2.10. The second-order valence-corrected chi connectivity index (χ2v) is 6.63. The fourth-order valence-electron chi connectivity index (χ4n) is 2.69. The van der Waals surface area contributed by atoms with Gasteiger partial charge in [-0.2, -0.15) is 4.98 Å². The molecule has 0 atom stereocenters.